The zero-order valence-electron chi connectivity index (χ0n) is 14.2. The number of alkyl halides is 3. The van der Waals surface area contributed by atoms with E-state index < -0.39 is 38.2 Å². The topological polar surface area (TPSA) is 87.2 Å². The van der Waals surface area contributed by atoms with E-state index in [4.69, 9.17) is 9.88 Å². The van der Waals surface area contributed by atoms with Crippen molar-refractivity contribution >= 4 is 10.0 Å². The summed E-state index contributed by atoms with van der Waals surface area (Å²) in [7, 11) is -3.34. The summed E-state index contributed by atoms with van der Waals surface area (Å²) in [5.41, 5.74) is -2.19. The number of aromatic nitrogens is 2. The smallest absolute Gasteiger partial charge is 0.418 e. The second-order valence-corrected chi connectivity index (χ2v) is 7.24. The van der Waals surface area contributed by atoms with Crippen LogP contribution in [-0.2, 0) is 16.2 Å². The highest BCUT2D eigenvalue weighted by molar-refractivity contribution is 7.89. The first-order chi connectivity index (χ1) is 13.0. The number of methoxy groups -OCH3 is 1. The normalized spacial score (nSPS) is 12.2. The summed E-state index contributed by atoms with van der Waals surface area (Å²) in [5, 5.41) is 8.86. The molecule has 0 bridgehead atoms. The minimum absolute atomic E-state index is 0.0146. The molecule has 2 aromatic carbocycles. The molecule has 2 N–H and O–H groups in total. The van der Waals surface area contributed by atoms with Gasteiger partial charge in [-0.1, -0.05) is 6.07 Å². The van der Waals surface area contributed by atoms with E-state index in [1.165, 1.54) is 31.5 Å². The Morgan fingerprint density at radius 3 is 2.36 bits per heavy atom. The molecule has 0 radical (unpaired) electrons. The number of rotatable bonds is 4. The fourth-order valence-electron chi connectivity index (χ4n) is 2.69. The lowest BCUT2D eigenvalue weighted by atomic mass is 10.0. The molecule has 3 rings (SSSR count). The lowest BCUT2D eigenvalue weighted by Crippen LogP contribution is -2.20. The Labute approximate surface area is 157 Å². The van der Waals surface area contributed by atoms with Crippen LogP contribution in [0.2, 0.25) is 0 Å². The van der Waals surface area contributed by atoms with Crippen molar-refractivity contribution in [3.63, 3.8) is 0 Å². The van der Waals surface area contributed by atoms with Crippen LogP contribution in [0.3, 0.4) is 0 Å². The number of ether oxygens (including phenoxy) is 1. The number of nitrogens with zero attached hydrogens (tertiary/aromatic N) is 2. The number of hydrogen-bond acceptors (Lipinski definition) is 4. The predicted octanol–water partition coefficient (Wildman–Crippen LogP) is 3.35. The Hall–Kier alpha value is -2.92. The van der Waals surface area contributed by atoms with E-state index in [-0.39, 0.29) is 16.9 Å². The fourth-order valence-corrected chi connectivity index (χ4v) is 3.46. The first-order valence-corrected chi connectivity index (χ1v) is 9.19. The van der Waals surface area contributed by atoms with Crippen LogP contribution in [0.25, 0.3) is 16.8 Å². The van der Waals surface area contributed by atoms with Crippen LogP contribution < -0.4 is 9.88 Å². The van der Waals surface area contributed by atoms with E-state index in [0.717, 1.165) is 23.0 Å². The zero-order valence-corrected chi connectivity index (χ0v) is 15.1. The molecule has 0 spiro atoms. The largest absolute Gasteiger partial charge is 0.494 e. The van der Waals surface area contributed by atoms with Gasteiger partial charge in [0.15, 0.2) is 11.6 Å². The summed E-state index contributed by atoms with van der Waals surface area (Å²) in [6.07, 6.45) is -2.58. The van der Waals surface area contributed by atoms with Crippen molar-refractivity contribution in [3.05, 3.63) is 60.2 Å². The molecule has 148 valence electrons. The van der Waals surface area contributed by atoms with E-state index >= 15 is 0 Å². The van der Waals surface area contributed by atoms with Gasteiger partial charge in [0.25, 0.3) is 0 Å². The average Bonchev–Trinajstić information content (AvgIpc) is 3.13. The van der Waals surface area contributed by atoms with Gasteiger partial charge in [0.1, 0.15) is 4.90 Å². The summed E-state index contributed by atoms with van der Waals surface area (Å²) in [6.45, 7) is 0. The molecular formula is C17H13F4N3O3S. The summed E-state index contributed by atoms with van der Waals surface area (Å²) < 4.78 is 84.8. The Bertz CT molecular complexity index is 1130. The van der Waals surface area contributed by atoms with Gasteiger partial charge in [-0.3, -0.25) is 0 Å². The number of halogens is 4. The van der Waals surface area contributed by atoms with Crippen molar-refractivity contribution < 1.29 is 30.7 Å². The van der Waals surface area contributed by atoms with Crippen LogP contribution in [0.4, 0.5) is 17.6 Å². The van der Waals surface area contributed by atoms with Gasteiger partial charge in [0, 0.05) is 12.4 Å². The number of nitrogens with two attached hydrogens (primary N) is 1. The van der Waals surface area contributed by atoms with Crippen LogP contribution in [0.1, 0.15) is 5.56 Å². The molecule has 0 aliphatic rings. The van der Waals surface area contributed by atoms with E-state index in [1.807, 2.05) is 0 Å². The maximum absolute atomic E-state index is 14.0. The standard InChI is InChI=1S/C17H13F4N3O3S/c1-27-14-4-3-10(8-13(14)18)11-7-12(17(19,20)21)16(24-6-2-5-23-24)15(9-11)28(22,25)26/h2-9H,1H3,(H2,22,25,26). The predicted molar refractivity (Wildman–Crippen MR) is 91.9 cm³/mol. The summed E-state index contributed by atoms with van der Waals surface area (Å²) in [5.74, 6) is -0.929. The van der Waals surface area contributed by atoms with Crippen LogP contribution in [0, 0.1) is 5.82 Å². The molecule has 0 atom stereocenters. The Balaban J connectivity index is 2.37. The van der Waals surface area contributed by atoms with Crippen molar-refractivity contribution in [2.45, 2.75) is 11.1 Å². The van der Waals surface area contributed by atoms with Crippen molar-refractivity contribution in [2.75, 3.05) is 7.11 Å². The zero-order chi connectivity index (χ0) is 20.7. The first kappa shape index (κ1) is 19.8. The van der Waals surface area contributed by atoms with Crippen LogP contribution >= 0.6 is 0 Å². The molecule has 0 aliphatic carbocycles. The Kier molecular flexibility index (Phi) is 4.90. The molecule has 1 aromatic heterocycles. The number of primary sulfonamides is 1. The summed E-state index contributed by atoms with van der Waals surface area (Å²) >= 11 is 0. The second kappa shape index (κ2) is 6.91. The van der Waals surface area contributed by atoms with Gasteiger partial charge in [-0.15, -0.1) is 0 Å². The highest BCUT2D eigenvalue weighted by Gasteiger charge is 2.38. The maximum atomic E-state index is 14.0. The first-order valence-electron chi connectivity index (χ1n) is 7.64. The SMILES string of the molecule is COc1ccc(-c2cc(C(F)(F)F)c(-n3cccn3)c(S(N)(=O)=O)c2)cc1F. The molecule has 3 aromatic rings. The van der Waals surface area contributed by atoms with Crippen molar-refractivity contribution in [1.82, 2.24) is 9.78 Å². The van der Waals surface area contributed by atoms with Gasteiger partial charge < -0.3 is 4.74 Å². The molecule has 0 unspecified atom stereocenters. The Morgan fingerprint density at radius 2 is 1.86 bits per heavy atom. The van der Waals surface area contributed by atoms with Gasteiger partial charge in [0.05, 0.1) is 18.4 Å². The van der Waals surface area contributed by atoms with Crippen LogP contribution in [-0.4, -0.2) is 25.3 Å². The lowest BCUT2D eigenvalue weighted by Gasteiger charge is -2.18. The molecule has 0 aliphatic heterocycles. The number of sulfonamides is 1. The number of hydrogen-bond donors (Lipinski definition) is 1. The van der Waals surface area contributed by atoms with Gasteiger partial charge in [0.2, 0.25) is 10.0 Å². The third kappa shape index (κ3) is 3.71. The molecule has 6 nitrogen and oxygen atoms in total. The van der Waals surface area contributed by atoms with E-state index in [2.05, 4.69) is 5.10 Å². The third-order valence-corrected chi connectivity index (χ3v) is 4.83. The second-order valence-electron chi connectivity index (χ2n) is 5.71. The summed E-state index contributed by atoms with van der Waals surface area (Å²) in [4.78, 5) is -0.794. The average molecular weight is 415 g/mol. The quantitative estimate of drug-likeness (QED) is 0.662. The van der Waals surface area contributed by atoms with Crippen molar-refractivity contribution in [2.24, 2.45) is 5.14 Å². The molecule has 0 fully saturated rings. The van der Waals surface area contributed by atoms with Gasteiger partial charge in [-0.05, 0) is 41.5 Å². The van der Waals surface area contributed by atoms with Gasteiger partial charge >= 0.3 is 6.18 Å². The molecule has 0 amide bonds. The third-order valence-electron chi connectivity index (χ3n) is 3.91. The monoisotopic (exact) mass is 415 g/mol. The Morgan fingerprint density at radius 1 is 1.14 bits per heavy atom. The molecule has 1 heterocycles. The molecule has 11 heteroatoms. The van der Waals surface area contributed by atoms with Crippen LogP contribution in [0.15, 0.2) is 53.7 Å². The van der Waals surface area contributed by atoms with Crippen molar-refractivity contribution in [1.29, 1.82) is 0 Å². The lowest BCUT2D eigenvalue weighted by molar-refractivity contribution is -0.137. The maximum Gasteiger partial charge on any atom is 0.418 e. The molecule has 28 heavy (non-hydrogen) atoms. The number of benzene rings is 2. The fraction of sp³-hybridized carbons (Fsp3) is 0.118. The molecule has 0 saturated carbocycles. The van der Waals surface area contributed by atoms with E-state index in [1.54, 1.807) is 0 Å². The highest BCUT2D eigenvalue weighted by atomic mass is 32.2. The minimum Gasteiger partial charge on any atom is -0.494 e. The van der Waals surface area contributed by atoms with E-state index in [0.29, 0.717) is 6.07 Å². The highest BCUT2D eigenvalue weighted by Crippen LogP contribution is 2.40. The van der Waals surface area contributed by atoms with Crippen molar-refractivity contribution in [3.8, 4) is 22.6 Å². The minimum atomic E-state index is -4.93. The molecule has 0 saturated heterocycles. The van der Waals surface area contributed by atoms with Crippen LogP contribution in [0.5, 0.6) is 5.75 Å². The van der Waals surface area contributed by atoms with E-state index in [9.17, 15) is 26.0 Å². The molecular weight excluding hydrogens is 402 g/mol. The van der Waals surface area contributed by atoms with Gasteiger partial charge in [-0.2, -0.15) is 18.3 Å². The van der Waals surface area contributed by atoms with Gasteiger partial charge in [-0.25, -0.2) is 22.6 Å². The summed E-state index contributed by atoms with van der Waals surface area (Å²) in [6, 6.07) is 6.46.